The first-order valence-corrected chi connectivity index (χ1v) is 7.90. The summed E-state index contributed by atoms with van der Waals surface area (Å²) in [6.07, 6.45) is 0.324. The molecule has 0 aliphatic heterocycles. The van der Waals surface area contributed by atoms with Crippen molar-refractivity contribution in [1.29, 1.82) is 0 Å². The molecular formula is C15H14BrF2NS. The van der Waals surface area contributed by atoms with E-state index in [2.05, 4.69) is 15.9 Å². The number of nitrogens with two attached hydrogens (primary N) is 1. The Hall–Kier alpha value is -0.910. The third kappa shape index (κ3) is 4.58. The van der Waals surface area contributed by atoms with Gasteiger partial charge in [0.1, 0.15) is 11.6 Å². The summed E-state index contributed by atoms with van der Waals surface area (Å²) in [6, 6.07) is 11.1. The lowest BCUT2D eigenvalue weighted by Gasteiger charge is -2.12. The zero-order valence-electron chi connectivity index (χ0n) is 10.7. The molecule has 0 aliphatic rings. The number of hydrogen-bond acceptors (Lipinski definition) is 2. The summed E-state index contributed by atoms with van der Waals surface area (Å²) >= 11 is 5.01. The highest BCUT2D eigenvalue weighted by molar-refractivity contribution is 9.10. The predicted octanol–water partition coefficient (Wildman–Crippen LogP) is 4.39. The molecule has 2 rings (SSSR count). The van der Waals surface area contributed by atoms with Gasteiger partial charge >= 0.3 is 0 Å². The fourth-order valence-corrected chi connectivity index (χ4v) is 3.26. The molecule has 1 nitrogen and oxygen atoms in total. The topological polar surface area (TPSA) is 26.0 Å². The van der Waals surface area contributed by atoms with Gasteiger partial charge in [0.2, 0.25) is 0 Å². The number of rotatable bonds is 5. The van der Waals surface area contributed by atoms with Gasteiger partial charge in [-0.25, -0.2) is 8.78 Å². The molecule has 0 heterocycles. The zero-order chi connectivity index (χ0) is 14.5. The first-order valence-electron chi connectivity index (χ1n) is 6.12. The molecule has 5 heteroatoms. The summed E-state index contributed by atoms with van der Waals surface area (Å²) in [5.74, 6) is -0.200. The van der Waals surface area contributed by atoms with Crippen LogP contribution in [-0.2, 0) is 6.42 Å². The monoisotopic (exact) mass is 357 g/mol. The minimum absolute atomic E-state index is 0.227. The fraction of sp³-hybridized carbons (Fsp3) is 0.200. The van der Waals surface area contributed by atoms with E-state index in [-0.39, 0.29) is 6.04 Å². The van der Waals surface area contributed by atoms with Crippen LogP contribution in [0.1, 0.15) is 5.56 Å². The Kier molecular flexibility index (Phi) is 5.57. The molecule has 0 radical (unpaired) electrons. The molecule has 0 bridgehead atoms. The van der Waals surface area contributed by atoms with Crippen molar-refractivity contribution in [2.45, 2.75) is 17.4 Å². The van der Waals surface area contributed by atoms with Crippen LogP contribution in [0.5, 0.6) is 0 Å². The third-order valence-electron chi connectivity index (χ3n) is 2.75. The lowest BCUT2D eigenvalue weighted by molar-refractivity contribution is 0.576. The van der Waals surface area contributed by atoms with E-state index < -0.39 is 11.6 Å². The van der Waals surface area contributed by atoms with Crippen LogP contribution >= 0.6 is 27.7 Å². The van der Waals surface area contributed by atoms with Crippen LogP contribution in [0.3, 0.4) is 0 Å². The van der Waals surface area contributed by atoms with Crippen LogP contribution < -0.4 is 5.73 Å². The van der Waals surface area contributed by atoms with Gasteiger partial charge in [0.25, 0.3) is 0 Å². The highest BCUT2D eigenvalue weighted by atomic mass is 79.9. The van der Waals surface area contributed by atoms with Crippen molar-refractivity contribution in [2.24, 2.45) is 5.73 Å². The normalized spacial score (nSPS) is 12.4. The summed E-state index contributed by atoms with van der Waals surface area (Å²) in [5.41, 5.74) is 6.32. The van der Waals surface area contributed by atoms with Gasteiger partial charge in [-0.05, 0) is 48.4 Å². The average molecular weight is 358 g/mol. The molecule has 0 aliphatic carbocycles. The van der Waals surface area contributed by atoms with Crippen LogP contribution in [-0.4, -0.2) is 11.8 Å². The van der Waals surface area contributed by atoms with Crippen molar-refractivity contribution < 1.29 is 8.78 Å². The Labute approximate surface area is 129 Å². The van der Waals surface area contributed by atoms with Crippen molar-refractivity contribution in [3.8, 4) is 0 Å². The van der Waals surface area contributed by atoms with Gasteiger partial charge in [0.15, 0.2) is 0 Å². The summed E-state index contributed by atoms with van der Waals surface area (Å²) in [7, 11) is 0. The number of hydrogen-bond donors (Lipinski definition) is 1. The van der Waals surface area contributed by atoms with Gasteiger partial charge < -0.3 is 5.73 Å². The van der Waals surface area contributed by atoms with Gasteiger partial charge in [-0.3, -0.25) is 0 Å². The van der Waals surface area contributed by atoms with Gasteiger partial charge in [-0.2, -0.15) is 0 Å². The van der Waals surface area contributed by atoms with Crippen molar-refractivity contribution in [3.05, 3.63) is 64.1 Å². The maximum atomic E-state index is 13.5. The lowest BCUT2D eigenvalue weighted by Crippen LogP contribution is -2.26. The molecule has 0 amide bonds. The van der Waals surface area contributed by atoms with Gasteiger partial charge in [0, 0.05) is 21.2 Å². The smallest absolute Gasteiger partial charge is 0.126 e. The Morgan fingerprint density at radius 3 is 2.70 bits per heavy atom. The van der Waals surface area contributed by atoms with Gasteiger partial charge in [-0.1, -0.05) is 22.0 Å². The molecule has 0 fully saturated rings. The van der Waals surface area contributed by atoms with Crippen LogP contribution in [0.15, 0.2) is 51.8 Å². The van der Waals surface area contributed by atoms with E-state index in [1.807, 2.05) is 24.3 Å². The van der Waals surface area contributed by atoms with Crippen molar-refractivity contribution in [1.82, 2.24) is 0 Å². The third-order valence-corrected chi connectivity index (χ3v) is 4.43. The van der Waals surface area contributed by atoms with E-state index >= 15 is 0 Å². The molecule has 106 valence electrons. The zero-order valence-corrected chi connectivity index (χ0v) is 13.1. The van der Waals surface area contributed by atoms with Crippen LogP contribution in [0, 0.1) is 11.6 Å². The largest absolute Gasteiger partial charge is 0.327 e. The maximum Gasteiger partial charge on any atom is 0.126 e. The standard InChI is InChI=1S/C15H14BrF2NS/c16-11-2-1-3-14(8-11)20-9-13(19)7-10-6-12(17)4-5-15(10)18/h1-6,8,13H,7,9,19H2. The first kappa shape index (κ1) is 15.5. The van der Waals surface area contributed by atoms with E-state index in [1.54, 1.807) is 11.8 Å². The first-order chi connectivity index (χ1) is 9.54. The SMILES string of the molecule is NC(CSc1cccc(Br)c1)Cc1cc(F)ccc1F. The highest BCUT2D eigenvalue weighted by Crippen LogP contribution is 2.23. The lowest BCUT2D eigenvalue weighted by atomic mass is 10.1. The minimum atomic E-state index is -0.437. The van der Waals surface area contributed by atoms with Gasteiger partial charge in [0.05, 0.1) is 0 Å². The Balaban J connectivity index is 1.92. The number of halogens is 3. The molecule has 0 aromatic heterocycles. The highest BCUT2D eigenvalue weighted by Gasteiger charge is 2.10. The molecule has 0 saturated heterocycles. The molecule has 0 spiro atoms. The predicted molar refractivity (Wildman–Crippen MR) is 82.9 cm³/mol. The van der Waals surface area contributed by atoms with Crippen LogP contribution in [0.2, 0.25) is 0 Å². The number of benzene rings is 2. The Morgan fingerprint density at radius 2 is 1.95 bits per heavy atom. The van der Waals surface area contributed by atoms with E-state index in [9.17, 15) is 8.78 Å². The second-order valence-corrected chi connectivity index (χ2v) is 6.48. The molecule has 20 heavy (non-hydrogen) atoms. The maximum absolute atomic E-state index is 13.5. The molecular weight excluding hydrogens is 344 g/mol. The second kappa shape index (κ2) is 7.20. The van der Waals surface area contributed by atoms with Crippen molar-refractivity contribution in [2.75, 3.05) is 5.75 Å². The Bertz CT molecular complexity index is 592. The summed E-state index contributed by atoms with van der Waals surface area (Å²) in [5, 5.41) is 0. The summed E-state index contributed by atoms with van der Waals surface area (Å²) in [4.78, 5) is 1.09. The molecule has 1 atom stereocenters. The molecule has 2 aromatic carbocycles. The van der Waals surface area contributed by atoms with E-state index in [1.165, 1.54) is 6.07 Å². The molecule has 0 saturated carbocycles. The molecule has 1 unspecified atom stereocenters. The average Bonchev–Trinajstić information content (AvgIpc) is 2.41. The van der Waals surface area contributed by atoms with Crippen molar-refractivity contribution >= 4 is 27.7 Å². The minimum Gasteiger partial charge on any atom is -0.327 e. The molecule has 2 N–H and O–H groups in total. The van der Waals surface area contributed by atoms with Gasteiger partial charge in [-0.15, -0.1) is 11.8 Å². The quantitative estimate of drug-likeness (QED) is 0.803. The van der Waals surface area contributed by atoms with Crippen molar-refractivity contribution in [3.63, 3.8) is 0 Å². The number of thioether (sulfide) groups is 1. The Morgan fingerprint density at radius 1 is 1.15 bits per heavy atom. The fourth-order valence-electron chi connectivity index (χ4n) is 1.80. The van der Waals surface area contributed by atoms with E-state index in [4.69, 9.17) is 5.73 Å². The van der Waals surface area contributed by atoms with Crippen LogP contribution in [0.4, 0.5) is 8.78 Å². The van der Waals surface area contributed by atoms with E-state index in [0.717, 1.165) is 21.5 Å². The summed E-state index contributed by atoms with van der Waals surface area (Å²) in [6.45, 7) is 0. The van der Waals surface area contributed by atoms with Crippen LogP contribution in [0.25, 0.3) is 0 Å². The summed E-state index contributed by atoms with van der Waals surface area (Å²) < 4.78 is 27.6. The molecule has 2 aromatic rings. The van der Waals surface area contributed by atoms with E-state index in [0.29, 0.717) is 17.7 Å². The second-order valence-electron chi connectivity index (χ2n) is 4.47.